The molecule has 0 unspecified atom stereocenters. The van der Waals surface area contributed by atoms with E-state index in [1.54, 1.807) is 38.5 Å². The minimum atomic E-state index is 0. The molecule has 1 heterocycles. The van der Waals surface area contributed by atoms with Gasteiger partial charge in [-0.25, -0.2) is 0 Å². The van der Waals surface area contributed by atoms with Crippen molar-refractivity contribution in [1.29, 1.82) is 0 Å². The summed E-state index contributed by atoms with van der Waals surface area (Å²) >= 11 is 0. The van der Waals surface area contributed by atoms with Crippen LogP contribution in [0.25, 0.3) is 0 Å². The third kappa shape index (κ3) is 3.45. The lowest BCUT2D eigenvalue weighted by molar-refractivity contribution is -0.101. The number of halogens is 2. The minimum absolute atomic E-state index is 0. The van der Waals surface area contributed by atoms with Crippen molar-refractivity contribution < 1.29 is 0 Å². The molecule has 5 rings (SSSR count). The summed E-state index contributed by atoms with van der Waals surface area (Å²) < 4.78 is 0. The molecule has 0 atom stereocenters. The van der Waals surface area contributed by atoms with Gasteiger partial charge < -0.3 is 4.90 Å². The second-order valence-corrected chi connectivity index (χ2v) is 8.82. The molecular formula is C18H34Cl2N2. The lowest BCUT2D eigenvalue weighted by atomic mass is 9.52. The summed E-state index contributed by atoms with van der Waals surface area (Å²) in [6.07, 6.45) is 9.36. The van der Waals surface area contributed by atoms with Gasteiger partial charge in [0, 0.05) is 38.3 Å². The Labute approximate surface area is 149 Å². The number of hydrogen-bond acceptors (Lipinski definition) is 2. The van der Waals surface area contributed by atoms with Gasteiger partial charge >= 0.3 is 0 Å². The van der Waals surface area contributed by atoms with Crippen LogP contribution in [0.2, 0.25) is 0 Å². The SMILES string of the molecule is CC(C)CN1CCN(C23CC4CC(CC(C4)C2)C3)CC1.Cl.Cl. The van der Waals surface area contributed by atoms with Crippen molar-refractivity contribution in [2.45, 2.75) is 57.9 Å². The average Bonchev–Trinajstić information content (AvgIpc) is 2.37. The molecular weight excluding hydrogens is 315 g/mol. The molecule has 0 N–H and O–H groups in total. The van der Waals surface area contributed by atoms with Gasteiger partial charge in [-0.15, -0.1) is 24.8 Å². The summed E-state index contributed by atoms with van der Waals surface area (Å²) in [6, 6.07) is 0. The molecule has 4 bridgehead atoms. The monoisotopic (exact) mass is 348 g/mol. The zero-order chi connectivity index (χ0) is 13.7. The maximum Gasteiger partial charge on any atom is 0.0218 e. The molecule has 0 aromatic rings. The summed E-state index contributed by atoms with van der Waals surface area (Å²) in [7, 11) is 0. The number of rotatable bonds is 3. The highest BCUT2D eigenvalue weighted by molar-refractivity contribution is 5.85. The quantitative estimate of drug-likeness (QED) is 0.758. The molecule has 4 aliphatic carbocycles. The largest absolute Gasteiger partial charge is 0.301 e. The van der Waals surface area contributed by atoms with Crippen LogP contribution in [-0.2, 0) is 0 Å². The first kappa shape index (κ1) is 18.8. The Morgan fingerprint density at radius 1 is 0.818 bits per heavy atom. The molecule has 0 aromatic carbocycles. The summed E-state index contributed by atoms with van der Waals surface area (Å²) in [4.78, 5) is 5.63. The van der Waals surface area contributed by atoms with Crippen molar-refractivity contribution in [3.63, 3.8) is 0 Å². The smallest absolute Gasteiger partial charge is 0.0218 e. The van der Waals surface area contributed by atoms with E-state index in [9.17, 15) is 0 Å². The Morgan fingerprint density at radius 2 is 1.27 bits per heavy atom. The summed E-state index contributed by atoms with van der Waals surface area (Å²) in [5.74, 6) is 4.10. The van der Waals surface area contributed by atoms with Gasteiger partial charge in [0.25, 0.3) is 0 Å². The Bertz CT molecular complexity index is 329. The van der Waals surface area contributed by atoms with E-state index < -0.39 is 0 Å². The Morgan fingerprint density at radius 3 is 1.68 bits per heavy atom. The van der Waals surface area contributed by atoms with E-state index in [0.29, 0.717) is 5.54 Å². The van der Waals surface area contributed by atoms with Crippen molar-refractivity contribution >= 4 is 24.8 Å². The highest BCUT2D eigenvalue weighted by atomic mass is 35.5. The first-order chi connectivity index (χ1) is 9.63. The van der Waals surface area contributed by atoms with Gasteiger partial charge in [-0.1, -0.05) is 13.8 Å². The molecule has 5 fully saturated rings. The van der Waals surface area contributed by atoms with Crippen molar-refractivity contribution in [1.82, 2.24) is 9.80 Å². The van der Waals surface area contributed by atoms with E-state index in [1.165, 1.54) is 32.7 Å². The fourth-order valence-corrected chi connectivity index (χ4v) is 6.37. The Kier molecular flexibility index (Phi) is 6.14. The third-order valence-corrected chi connectivity index (χ3v) is 6.67. The normalized spacial score (nSPS) is 41.3. The molecule has 5 aliphatic rings. The zero-order valence-electron chi connectivity index (χ0n) is 14.3. The topological polar surface area (TPSA) is 6.48 Å². The van der Waals surface area contributed by atoms with Crippen LogP contribution in [0.15, 0.2) is 0 Å². The van der Waals surface area contributed by atoms with Gasteiger partial charge in [0.2, 0.25) is 0 Å². The van der Waals surface area contributed by atoms with E-state index in [1.807, 2.05) is 0 Å². The third-order valence-electron chi connectivity index (χ3n) is 6.67. The van der Waals surface area contributed by atoms with Gasteiger partial charge in [-0.2, -0.15) is 0 Å². The Balaban J connectivity index is 0.000000882. The van der Waals surface area contributed by atoms with Crippen LogP contribution in [0.3, 0.4) is 0 Å². The molecule has 22 heavy (non-hydrogen) atoms. The molecule has 0 spiro atoms. The lowest BCUT2D eigenvalue weighted by Gasteiger charge is -2.61. The summed E-state index contributed by atoms with van der Waals surface area (Å²) in [6.45, 7) is 11.3. The molecule has 130 valence electrons. The van der Waals surface area contributed by atoms with Crippen LogP contribution in [0, 0.1) is 23.7 Å². The first-order valence-corrected chi connectivity index (χ1v) is 9.10. The van der Waals surface area contributed by atoms with Crippen LogP contribution in [0.4, 0.5) is 0 Å². The average molecular weight is 349 g/mol. The minimum Gasteiger partial charge on any atom is -0.301 e. The highest BCUT2D eigenvalue weighted by Crippen LogP contribution is 2.57. The molecule has 0 radical (unpaired) electrons. The molecule has 2 nitrogen and oxygen atoms in total. The van der Waals surface area contributed by atoms with Gasteiger partial charge in [0.1, 0.15) is 0 Å². The van der Waals surface area contributed by atoms with Crippen LogP contribution in [0.1, 0.15) is 52.4 Å². The number of piperazine rings is 1. The first-order valence-electron chi connectivity index (χ1n) is 9.10. The van der Waals surface area contributed by atoms with E-state index in [4.69, 9.17) is 0 Å². The number of nitrogens with zero attached hydrogens (tertiary/aromatic N) is 2. The van der Waals surface area contributed by atoms with Gasteiger partial charge in [-0.3, -0.25) is 4.90 Å². The molecule has 0 aromatic heterocycles. The maximum absolute atomic E-state index is 2.94. The van der Waals surface area contributed by atoms with Crippen LogP contribution in [0.5, 0.6) is 0 Å². The van der Waals surface area contributed by atoms with Crippen molar-refractivity contribution in [3.05, 3.63) is 0 Å². The standard InChI is InChI=1S/C18H32N2.2ClH/c1-14(2)13-19-3-5-20(6-4-19)18-10-15-7-16(11-18)9-17(8-15)12-18;;/h14-17H,3-13H2,1-2H3;2*1H. The van der Waals surface area contributed by atoms with Gasteiger partial charge in [-0.05, 0) is 62.2 Å². The molecule has 1 aliphatic heterocycles. The van der Waals surface area contributed by atoms with Crippen LogP contribution >= 0.6 is 24.8 Å². The predicted molar refractivity (Wildman–Crippen MR) is 98.3 cm³/mol. The summed E-state index contributed by atoms with van der Waals surface area (Å²) in [5, 5.41) is 0. The predicted octanol–water partition coefficient (Wildman–Crippen LogP) is 4.07. The van der Waals surface area contributed by atoms with Gasteiger partial charge in [0.15, 0.2) is 0 Å². The molecule has 0 amide bonds. The lowest BCUT2D eigenvalue weighted by Crippen LogP contribution is -2.64. The zero-order valence-corrected chi connectivity index (χ0v) is 15.9. The second-order valence-electron chi connectivity index (χ2n) is 8.82. The van der Waals surface area contributed by atoms with E-state index in [2.05, 4.69) is 23.6 Å². The van der Waals surface area contributed by atoms with Crippen molar-refractivity contribution in [2.75, 3.05) is 32.7 Å². The van der Waals surface area contributed by atoms with E-state index >= 15 is 0 Å². The van der Waals surface area contributed by atoms with Crippen molar-refractivity contribution in [2.24, 2.45) is 23.7 Å². The fraction of sp³-hybridized carbons (Fsp3) is 1.00. The number of hydrogen-bond donors (Lipinski definition) is 0. The van der Waals surface area contributed by atoms with Crippen molar-refractivity contribution in [3.8, 4) is 0 Å². The fourth-order valence-electron chi connectivity index (χ4n) is 6.37. The summed E-state index contributed by atoms with van der Waals surface area (Å²) in [5.41, 5.74) is 0.651. The van der Waals surface area contributed by atoms with Crippen LogP contribution < -0.4 is 0 Å². The molecule has 4 saturated carbocycles. The highest BCUT2D eigenvalue weighted by Gasteiger charge is 2.53. The van der Waals surface area contributed by atoms with Gasteiger partial charge in [0.05, 0.1) is 0 Å². The Hall–Kier alpha value is 0.500. The van der Waals surface area contributed by atoms with E-state index in [0.717, 1.165) is 23.7 Å². The molecule has 4 heteroatoms. The maximum atomic E-state index is 2.94. The molecule has 1 saturated heterocycles. The van der Waals surface area contributed by atoms with E-state index in [-0.39, 0.29) is 24.8 Å². The van der Waals surface area contributed by atoms with Crippen LogP contribution in [-0.4, -0.2) is 48.1 Å². The second kappa shape index (κ2) is 7.17.